The molecule has 2 aromatic carbocycles. The van der Waals surface area contributed by atoms with Crippen molar-refractivity contribution in [2.24, 2.45) is 5.92 Å². The number of halogens is 2. The monoisotopic (exact) mass is 462 g/mol. The lowest BCUT2D eigenvalue weighted by molar-refractivity contribution is 0.0807. The highest BCUT2D eigenvalue weighted by molar-refractivity contribution is 5.93. The van der Waals surface area contributed by atoms with E-state index >= 15 is 0 Å². The van der Waals surface area contributed by atoms with E-state index in [-0.39, 0.29) is 22.9 Å². The van der Waals surface area contributed by atoms with Gasteiger partial charge in [0.15, 0.2) is 0 Å². The van der Waals surface area contributed by atoms with Gasteiger partial charge >= 0.3 is 0 Å². The maximum absolute atomic E-state index is 14.0. The Hall–Kier alpha value is -3.76. The van der Waals surface area contributed by atoms with Crippen LogP contribution in [0.3, 0.4) is 0 Å². The summed E-state index contributed by atoms with van der Waals surface area (Å²) < 4.78 is 32.8. The first-order valence-electron chi connectivity index (χ1n) is 11.0. The van der Waals surface area contributed by atoms with Gasteiger partial charge in [-0.2, -0.15) is 0 Å². The molecule has 1 aliphatic heterocycles. The summed E-state index contributed by atoms with van der Waals surface area (Å²) in [7, 11) is 0. The zero-order valence-electron chi connectivity index (χ0n) is 18.6. The molecule has 174 valence electrons. The van der Waals surface area contributed by atoms with Crippen LogP contribution in [-0.4, -0.2) is 29.2 Å². The molecule has 1 fully saturated rings. The maximum atomic E-state index is 14.0. The third kappa shape index (κ3) is 5.77. The molecule has 2 heterocycles. The second-order valence-electron chi connectivity index (χ2n) is 8.20. The summed E-state index contributed by atoms with van der Waals surface area (Å²) >= 11 is 0. The summed E-state index contributed by atoms with van der Waals surface area (Å²) in [5.41, 5.74) is 2.04. The van der Waals surface area contributed by atoms with Crippen molar-refractivity contribution in [3.05, 3.63) is 94.3 Å². The number of aromatic nitrogens is 1. The fourth-order valence-corrected chi connectivity index (χ4v) is 3.84. The molecular formula is C27H24F2N2O3. The molecule has 1 aromatic heterocycles. The van der Waals surface area contributed by atoms with Gasteiger partial charge in [0.05, 0.1) is 6.04 Å². The Morgan fingerprint density at radius 2 is 1.79 bits per heavy atom. The van der Waals surface area contributed by atoms with Crippen molar-refractivity contribution in [3.63, 3.8) is 0 Å². The molecule has 5 nitrogen and oxygen atoms in total. The Morgan fingerprint density at radius 3 is 2.53 bits per heavy atom. The Kier molecular flexibility index (Phi) is 7.19. The third-order valence-electron chi connectivity index (χ3n) is 5.61. The molecule has 1 aliphatic rings. The molecule has 0 radical (unpaired) electrons. The number of amides is 1. The Labute approximate surface area is 196 Å². The number of nitrogens with zero attached hydrogens (tertiary/aromatic N) is 1. The number of nitrogens with one attached hydrogen (secondary N) is 1. The first-order chi connectivity index (χ1) is 16.4. The highest BCUT2D eigenvalue weighted by atomic mass is 19.1. The summed E-state index contributed by atoms with van der Waals surface area (Å²) in [4.78, 5) is 17.5. The van der Waals surface area contributed by atoms with Crippen LogP contribution >= 0.6 is 0 Å². The number of hydrogen-bond acceptors (Lipinski definition) is 4. The predicted molar refractivity (Wildman–Crippen MR) is 123 cm³/mol. The minimum atomic E-state index is -0.928. The van der Waals surface area contributed by atoms with Gasteiger partial charge in [0.25, 0.3) is 5.91 Å². The molecule has 34 heavy (non-hydrogen) atoms. The van der Waals surface area contributed by atoms with Gasteiger partial charge in [-0.3, -0.25) is 4.79 Å². The standard InChI is InChI=1S/C27H24F2N2O3/c1-17-14-19(3-2-18-10-12-34-13-11-18)15-24(30-17)27(33)31-26(20-4-6-21(28)7-5-20)23-16-22(29)8-9-25(23)32/h4-9,14-16,18,26,32H,10-13H2,1H3,(H,31,33). The van der Waals surface area contributed by atoms with Crippen LogP contribution in [0.2, 0.25) is 0 Å². The lowest BCUT2D eigenvalue weighted by Gasteiger charge is -2.21. The van der Waals surface area contributed by atoms with Crippen LogP contribution in [0.4, 0.5) is 8.78 Å². The topological polar surface area (TPSA) is 71.5 Å². The normalized spacial score (nSPS) is 14.7. The highest BCUT2D eigenvalue weighted by Gasteiger charge is 2.22. The van der Waals surface area contributed by atoms with Crippen LogP contribution in [0.1, 0.15) is 51.8 Å². The molecule has 4 rings (SSSR count). The van der Waals surface area contributed by atoms with Gasteiger partial charge in [-0.05, 0) is 67.8 Å². The first-order valence-corrected chi connectivity index (χ1v) is 11.0. The van der Waals surface area contributed by atoms with E-state index in [0.29, 0.717) is 30.0 Å². The smallest absolute Gasteiger partial charge is 0.270 e. The van der Waals surface area contributed by atoms with Gasteiger partial charge in [0, 0.05) is 36.0 Å². The number of phenolic OH excluding ortho intramolecular Hbond substituents is 1. The van der Waals surface area contributed by atoms with Crippen LogP contribution in [-0.2, 0) is 4.74 Å². The minimum Gasteiger partial charge on any atom is -0.508 e. The summed E-state index contributed by atoms with van der Waals surface area (Å²) in [6, 6.07) is 11.4. The molecule has 3 aromatic rings. The molecule has 1 saturated heterocycles. The van der Waals surface area contributed by atoms with E-state index in [1.165, 1.54) is 30.3 Å². The van der Waals surface area contributed by atoms with Gasteiger partial charge < -0.3 is 15.2 Å². The fraction of sp³-hybridized carbons (Fsp3) is 0.259. The summed E-state index contributed by atoms with van der Waals surface area (Å²) in [6.07, 6.45) is 1.75. The molecule has 0 spiro atoms. The molecule has 1 amide bonds. The van der Waals surface area contributed by atoms with Crippen molar-refractivity contribution in [1.29, 1.82) is 0 Å². The number of carbonyl (C=O) groups is 1. The van der Waals surface area contributed by atoms with Crippen LogP contribution in [0.15, 0.2) is 54.6 Å². The van der Waals surface area contributed by atoms with Crippen LogP contribution in [0.25, 0.3) is 0 Å². The fourth-order valence-electron chi connectivity index (χ4n) is 3.84. The molecule has 0 aliphatic carbocycles. The van der Waals surface area contributed by atoms with Gasteiger partial charge in [-0.15, -0.1) is 0 Å². The van der Waals surface area contributed by atoms with Crippen LogP contribution < -0.4 is 5.32 Å². The number of hydrogen-bond donors (Lipinski definition) is 2. The quantitative estimate of drug-likeness (QED) is 0.553. The molecule has 0 saturated carbocycles. The van der Waals surface area contributed by atoms with E-state index in [4.69, 9.17) is 4.74 Å². The highest BCUT2D eigenvalue weighted by Crippen LogP contribution is 2.30. The summed E-state index contributed by atoms with van der Waals surface area (Å²) in [6.45, 7) is 3.16. The molecule has 2 N–H and O–H groups in total. The molecule has 7 heteroatoms. The number of rotatable bonds is 4. The van der Waals surface area contributed by atoms with Crippen molar-refractivity contribution in [2.45, 2.75) is 25.8 Å². The number of phenols is 1. The van der Waals surface area contributed by atoms with E-state index in [1.54, 1.807) is 19.1 Å². The second-order valence-corrected chi connectivity index (χ2v) is 8.20. The van der Waals surface area contributed by atoms with Crippen molar-refractivity contribution in [1.82, 2.24) is 10.3 Å². The van der Waals surface area contributed by atoms with E-state index in [9.17, 15) is 18.7 Å². The Morgan fingerprint density at radius 1 is 1.09 bits per heavy atom. The van der Waals surface area contributed by atoms with Gasteiger partial charge in [0.1, 0.15) is 23.1 Å². The van der Waals surface area contributed by atoms with Crippen molar-refractivity contribution in [3.8, 4) is 17.6 Å². The van der Waals surface area contributed by atoms with Gasteiger partial charge in [0.2, 0.25) is 0 Å². The van der Waals surface area contributed by atoms with E-state index in [1.807, 2.05) is 0 Å². The first kappa shape index (κ1) is 23.4. The summed E-state index contributed by atoms with van der Waals surface area (Å²) in [5, 5.41) is 13.1. The average Bonchev–Trinajstić information content (AvgIpc) is 2.84. The number of aryl methyl sites for hydroxylation is 1. The van der Waals surface area contributed by atoms with Crippen molar-refractivity contribution in [2.75, 3.05) is 13.2 Å². The average molecular weight is 462 g/mol. The lowest BCUT2D eigenvalue weighted by atomic mass is 9.97. The maximum Gasteiger partial charge on any atom is 0.270 e. The number of benzene rings is 2. The third-order valence-corrected chi connectivity index (χ3v) is 5.61. The van der Waals surface area contributed by atoms with E-state index in [2.05, 4.69) is 22.1 Å². The zero-order chi connectivity index (χ0) is 24.1. The number of ether oxygens (including phenoxy) is 1. The largest absolute Gasteiger partial charge is 0.508 e. The molecule has 1 unspecified atom stereocenters. The zero-order valence-corrected chi connectivity index (χ0v) is 18.6. The number of aromatic hydroxyl groups is 1. The van der Waals surface area contributed by atoms with Crippen LogP contribution in [0, 0.1) is 36.3 Å². The van der Waals surface area contributed by atoms with Crippen molar-refractivity contribution >= 4 is 5.91 Å². The molecule has 0 bridgehead atoms. The summed E-state index contributed by atoms with van der Waals surface area (Å²) in [5.74, 6) is 4.87. The van der Waals surface area contributed by atoms with Crippen LogP contribution in [0.5, 0.6) is 5.75 Å². The predicted octanol–water partition coefficient (Wildman–Crippen LogP) is 4.67. The Bertz CT molecular complexity index is 1240. The van der Waals surface area contributed by atoms with E-state index in [0.717, 1.165) is 25.0 Å². The molecule has 1 atom stereocenters. The van der Waals surface area contributed by atoms with Gasteiger partial charge in [-0.25, -0.2) is 13.8 Å². The van der Waals surface area contributed by atoms with Gasteiger partial charge in [-0.1, -0.05) is 24.0 Å². The minimum absolute atomic E-state index is 0.138. The number of pyridine rings is 1. The second kappa shape index (κ2) is 10.4. The SMILES string of the molecule is Cc1cc(C#CC2CCOCC2)cc(C(=O)NC(c2ccc(F)cc2)c2cc(F)ccc2O)n1. The lowest BCUT2D eigenvalue weighted by Crippen LogP contribution is -2.30. The van der Waals surface area contributed by atoms with Crippen molar-refractivity contribution < 1.29 is 23.4 Å². The Balaban J connectivity index is 1.64. The molecular weight excluding hydrogens is 438 g/mol. The number of carbonyl (C=O) groups excluding carboxylic acids is 1. The van der Waals surface area contributed by atoms with E-state index < -0.39 is 23.6 Å².